The van der Waals surface area contributed by atoms with Gasteiger partial charge in [-0.15, -0.1) is 0 Å². The third-order valence-corrected chi connectivity index (χ3v) is 5.45. The van der Waals surface area contributed by atoms with Crippen LogP contribution in [0.1, 0.15) is 18.4 Å². The summed E-state index contributed by atoms with van der Waals surface area (Å²) in [4.78, 5) is 60.1. The molecule has 0 aliphatic rings. The number of hydrogen-bond acceptors (Lipinski definition) is 9. The number of aromatic hydroxyl groups is 1. The van der Waals surface area contributed by atoms with E-state index in [4.69, 9.17) is 11.5 Å². The summed E-state index contributed by atoms with van der Waals surface area (Å²) in [6, 6.07) is 0.735. The number of carbonyl (C=O) groups is 5. The zero-order valence-corrected chi connectivity index (χ0v) is 19.9. The second-order valence-electron chi connectivity index (χ2n) is 7.63. The largest absolute Gasteiger partial charge is 0.508 e. The molecule has 4 atom stereocenters. The highest BCUT2D eigenvalue weighted by Crippen LogP contribution is 2.11. The molecule has 1 aromatic rings. The Hall–Kier alpha value is -3.36. The Bertz CT molecular complexity index is 898. The Kier molecular flexibility index (Phi) is 12.6. The summed E-state index contributed by atoms with van der Waals surface area (Å²) < 4.78 is 0. The molecule has 0 saturated heterocycles. The van der Waals surface area contributed by atoms with Crippen LogP contribution in [0, 0.1) is 0 Å². The Labute approximate surface area is 206 Å². The van der Waals surface area contributed by atoms with E-state index < -0.39 is 66.8 Å². The number of primary amides is 1. The molecule has 0 spiro atoms. The van der Waals surface area contributed by atoms with E-state index in [0.717, 1.165) is 0 Å². The first kappa shape index (κ1) is 29.7. The predicted molar refractivity (Wildman–Crippen MR) is 127 cm³/mol. The number of nitrogens with one attached hydrogen (secondary N) is 3. The van der Waals surface area contributed by atoms with Gasteiger partial charge in [-0.2, -0.15) is 11.8 Å². The number of aliphatic carboxylic acids is 1. The molecule has 13 nitrogen and oxygen atoms in total. The van der Waals surface area contributed by atoms with E-state index in [-0.39, 0.29) is 18.6 Å². The van der Waals surface area contributed by atoms with Crippen LogP contribution in [0.15, 0.2) is 24.3 Å². The molecule has 14 heteroatoms. The first-order valence-electron chi connectivity index (χ1n) is 10.5. The molecule has 0 aliphatic carbocycles. The number of nitrogens with two attached hydrogens (primary N) is 2. The number of aliphatic hydroxyl groups excluding tert-OH is 1. The van der Waals surface area contributed by atoms with Crippen molar-refractivity contribution in [2.75, 3.05) is 18.6 Å². The van der Waals surface area contributed by atoms with Crippen molar-refractivity contribution < 1.29 is 39.3 Å². The van der Waals surface area contributed by atoms with Crippen LogP contribution >= 0.6 is 11.8 Å². The van der Waals surface area contributed by atoms with Gasteiger partial charge in [-0.1, -0.05) is 12.1 Å². The number of carboxylic acid groups (broad SMARTS) is 1. The van der Waals surface area contributed by atoms with Gasteiger partial charge in [0.2, 0.25) is 23.6 Å². The Balaban J connectivity index is 2.82. The van der Waals surface area contributed by atoms with Crippen LogP contribution in [0.5, 0.6) is 5.75 Å². The minimum absolute atomic E-state index is 0.0492. The first-order chi connectivity index (χ1) is 16.5. The average Bonchev–Trinajstić information content (AvgIpc) is 2.80. The van der Waals surface area contributed by atoms with E-state index in [9.17, 15) is 39.3 Å². The highest BCUT2D eigenvalue weighted by molar-refractivity contribution is 7.98. The maximum Gasteiger partial charge on any atom is 0.326 e. The van der Waals surface area contributed by atoms with Crippen molar-refractivity contribution in [3.8, 4) is 5.75 Å². The van der Waals surface area contributed by atoms with Crippen LogP contribution in [0.25, 0.3) is 0 Å². The summed E-state index contributed by atoms with van der Waals surface area (Å²) in [5.41, 5.74) is 11.6. The number of amides is 4. The fraction of sp³-hybridized carbons (Fsp3) is 0.476. The minimum atomic E-state index is -1.58. The van der Waals surface area contributed by atoms with E-state index in [1.165, 1.54) is 23.9 Å². The molecule has 0 heterocycles. The monoisotopic (exact) mass is 513 g/mol. The van der Waals surface area contributed by atoms with Gasteiger partial charge in [-0.3, -0.25) is 19.2 Å². The van der Waals surface area contributed by atoms with Gasteiger partial charge in [-0.05, 0) is 42.5 Å². The topological polar surface area (TPSA) is 234 Å². The minimum Gasteiger partial charge on any atom is -0.508 e. The molecule has 0 saturated carbocycles. The Morgan fingerprint density at radius 3 is 2.00 bits per heavy atom. The van der Waals surface area contributed by atoms with Gasteiger partial charge in [0.15, 0.2) is 0 Å². The SMILES string of the molecule is CSCCC(NC(=O)C(CO)NC(=O)C(N)Cc1ccc(O)cc1)C(=O)NC(CC(N)=O)C(=O)O. The quantitative estimate of drug-likeness (QED) is 0.122. The van der Waals surface area contributed by atoms with Crippen LogP contribution < -0.4 is 27.4 Å². The van der Waals surface area contributed by atoms with E-state index in [2.05, 4.69) is 16.0 Å². The van der Waals surface area contributed by atoms with Crippen LogP contribution in [-0.4, -0.2) is 87.7 Å². The molecule has 4 unspecified atom stereocenters. The number of carboxylic acids is 1. The van der Waals surface area contributed by atoms with Crippen LogP contribution in [0.3, 0.4) is 0 Å². The van der Waals surface area contributed by atoms with Crippen molar-refractivity contribution in [3.63, 3.8) is 0 Å². The third-order valence-electron chi connectivity index (χ3n) is 4.81. The summed E-state index contributed by atoms with van der Waals surface area (Å²) in [6.07, 6.45) is 1.32. The molecule has 1 aromatic carbocycles. The highest BCUT2D eigenvalue weighted by atomic mass is 32.2. The summed E-state index contributed by atoms with van der Waals surface area (Å²) in [5.74, 6) is -4.43. The molecule has 194 valence electrons. The zero-order valence-electron chi connectivity index (χ0n) is 19.1. The number of carbonyl (C=O) groups excluding carboxylic acids is 4. The molecule has 10 N–H and O–H groups in total. The number of aliphatic hydroxyl groups is 1. The van der Waals surface area contributed by atoms with Gasteiger partial charge in [0.1, 0.15) is 23.9 Å². The molecule has 0 radical (unpaired) electrons. The lowest BCUT2D eigenvalue weighted by atomic mass is 10.1. The summed E-state index contributed by atoms with van der Waals surface area (Å²) >= 11 is 1.37. The smallest absolute Gasteiger partial charge is 0.326 e. The average molecular weight is 514 g/mol. The molecular formula is C21H31N5O8S. The van der Waals surface area contributed by atoms with Gasteiger partial charge in [0, 0.05) is 0 Å². The maximum absolute atomic E-state index is 12.7. The Morgan fingerprint density at radius 2 is 1.49 bits per heavy atom. The number of thioether (sulfide) groups is 1. The predicted octanol–water partition coefficient (Wildman–Crippen LogP) is -2.58. The van der Waals surface area contributed by atoms with Crippen molar-refractivity contribution in [1.29, 1.82) is 0 Å². The van der Waals surface area contributed by atoms with E-state index in [1.807, 2.05) is 0 Å². The molecular weight excluding hydrogens is 482 g/mol. The lowest BCUT2D eigenvalue weighted by molar-refractivity contribution is -0.143. The molecule has 4 amide bonds. The molecule has 0 fully saturated rings. The van der Waals surface area contributed by atoms with Gasteiger partial charge >= 0.3 is 5.97 Å². The second kappa shape index (κ2) is 14.8. The normalized spacial score (nSPS) is 14.1. The van der Waals surface area contributed by atoms with E-state index >= 15 is 0 Å². The van der Waals surface area contributed by atoms with Crippen molar-refractivity contribution in [1.82, 2.24) is 16.0 Å². The number of phenols is 1. The van der Waals surface area contributed by atoms with Crippen molar-refractivity contribution in [3.05, 3.63) is 29.8 Å². The van der Waals surface area contributed by atoms with Crippen molar-refractivity contribution in [2.45, 2.75) is 43.4 Å². The van der Waals surface area contributed by atoms with E-state index in [1.54, 1.807) is 18.4 Å². The third kappa shape index (κ3) is 10.6. The van der Waals surface area contributed by atoms with Crippen LogP contribution in [0.2, 0.25) is 0 Å². The second-order valence-corrected chi connectivity index (χ2v) is 8.62. The Morgan fingerprint density at radius 1 is 0.943 bits per heavy atom. The number of benzene rings is 1. The molecule has 1 rings (SSSR count). The van der Waals surface area contributed by atoms with Crippen LogP contribution in [-0.2, 0) is 30.4 Å². The zero-order chi connectivity index (χ0) is 26.5. The van der Waals surface area contributed by atoms with Crippen molar-refractivity contribution in [2.24, 2.45) is 11.5 Å². The number of rotatable bonds is 15. The van der Waals surface area contributed by atoms with Gasteiger partial charge < -0.3 is 42.7 Å². The number of hydrogen-bond donors (Lipinski definition) is 8. The highest BCUT2D eigenvalue weighted by Gasteiger charge is 2.30. The fourth-order valence-corrected chi connectivity index (χ4v) is 3.37. The first-order valence-corrected chi connectivity index (χ1v) is 11.9. The standard InChI is InChI=1S/C21H31N5O8S/c1-35-7-6-14(19(31)25-15(21(33)34)9-17(23)29)24-20(32)16(10-27)26-18(30)13(22)8-11-2-4-12(28)5-3-11/h2-5,13-16,27-28H,6-10,22H2,1H3,(H2,23,29)(H,24,32)(H,25,31)(H,26,30)(H,33,34). The van der Waals surface area contributed by atoms with Crippen molar-refractivity contribution >= 4 is 41.4 Å². The summed E-state index contributed by atoms with van der Waals surface area (Å²) in [7, 11) is 0. The lowest BCUT2D eigenvalue weighted by Crippen LogP contribution is -2.58. The summed E-state index contributed by atoms with van der Waals surface area (Å²) in [5, 5.41) is 35.0. The van der Waals surface area contributed by atoms with Gasteiger partial charge in [-0.25, -0.2) is 4.79 Å². The van der Waals surface area contributed by atoms with Gasteiger partial charge in [0.05, 0.1) is 19.1 Å². The fourth-order valence-electron chi connectivity index (χ4n) is 2.90. The molecule has 0 aromatic heterocycles. The summed E-state index contributed by atoms with van der Waals surface area (Å²) in [6.45, 7) is -0.792. The maximum atomic E-state index is 12.7. The van der Waals surface area contributed by atoms with E-state index in [0.29, 0.717) is 11.3 Å². The van der Waals surface area contributed by atoms with Crippen LogP contribution in [0.4, 0.5) is 0 Å². The van der Waals surface area contributed by atoms with Gasteiger partial charge in [0.25, 0.3) is 0 Å². The lowest BCUT2D eigenvalue weighted by Gasteiger charge is -2.24. The molecule has 0 bridgehead atoms. The molecule has 0 aliphatic heterocycles. The number of phenolic OH excluding ortho intramolecular Hbond substituents is 1. The molecule has 35 heavy (non-hydrogen) atoms.